The summed E-state index contributed by atoms with van der Waals surface area (Å²) >= 11 is 0. The molecule has 0 aliphatic heterocycles. The van der Waals surface area contributed by atoms with Crippen molar-refractivity contribution in [3.8, 4) is 11.5 Å². The Morgan fingerprint density at radius 3 is 2.68 bits per heavy atom. The molecule has 1 aromatic rings. The molecule has 0 heterocycles. The van der Waals surface area contributed by atoms with E-state index in [1.54, 1.807) is 14.2 Å². The molecule has 1 unspecified atom stereocenters. The molecule has 1 amide bonds. The van der Waals surface area contributed by atoms with Gasteiger partial charge >= 0.3 is 0 Å². The zero-order valence-corrected chi connectivity index (χ0v) is 15.5. The Hall–Kier alpha value is -1.79. The summed E-state index contributed by atoms with van der Waals surface area (Å²) in [6.45, 7) is 3.47. The van der Waals surface area contributed by atoms with E-state index in [9.17, 15) is 4.79 Å². The number of methoxy groups -OCH3 is 2. The van der Waals surface area contributed by atoms with Crippen LogP contribution in [0.4, 0.5) is 0 Å². The zero-order chi connectivity index (χ0) is 18.1. The fraction of sp³-hybridized carbons (Fsp3) is 0.632. The molecular formula is C19H30N2O4. The monoisotopic (exact) mass is 350 g/mol. The van der Waals surface area contributed by atoms with Crippen molar-refractivity contribution in [2.45, 2.75) is 44.8 Å². The zero-order valence-electron chi connectivity index (χ0n) is 15.5. The first-order valence-electron chi connectivity index (χ1n) is 8.97. The molecule has 0 bridgehead atoms. The fourth-order valence-corrected chi connectivity index (χ4v) is 2.99. The van der Waals surface area contributed by atoms with Crippen molar-refractivity contribution in [2.75, 3.05) is 33.9 Å². The van der Waals surface area contributed by atoms with Crippen LogP contribution in [0.3, 0.4) is 0 Å². The summed E-state index contributed by atoms with van der Waals surface area (Å²) in [5, 5.41) is 6.01. The lowest BCUT2D eigenvalue weighted by atomic mass is 10.1. The van der Waals surface area contributed by atoms with Crippen molar-refractivity contribution < 1.29 is 19.0 Å². The van der Waals surface area contributed by atoms with Gasteiger partial charge in [0.05, 0.1) is 32.4 Å². The highest BCUT2D eigenvalue weighted by molar-refractivity contribution is 5.78. The highest BCUT2D eigenvalue weighted by atomic mass is 16.5. The molecule has 2 rings (SSSR count). The molecule has 0 spiro atoms. The van der Waals surface area contributed by atoms with Crippen LogP contribution >= 0.6 is 0 Å². The third-order valence-electron chi connectivity index (χ3n) is 4.43. The molecule has 1 saturated carbocycles. The summed E-state index contributed by atoms with van der Waals surface area (Å²) in [4.78, 5) is 12.0. The minimum Gasteiger partial charge on any atom is -0.493 e. The minimum absolute atomic E-state index is 0.0474. The maximum atomic E-state index is 12.0. The van der Waals surface area contributed by atoms with Crippen LogP contribution in [-0.4, -0.2) is 45.9 Å². The first-order valence-corrected chi connectivity index (χ1v) is 8.97. The molecule has 0 aromatic heterocycles. The van der Waals surface area contributed by atoms with Gasteiger partial charge in [-0.2, -0.15) is 0 Å². The Kier molecular flexibility index (Phi) is 8.01. The maximum Gasteiger partial charge on any atom is 0.234 e. The highest BCUT2D eigenvalue weighted by Gasteiger charge is 2.19. The summed E-state index contributed by atoms with van der Waals surface area (Å²) in [6.07, 6.45) is 4.95. The van der Waals surface area contributed by atoms with Gasteiger partial charge in [0.25, 0.3) is 0 Å². The number of hydrogen-bond donors (Lipinski definition) is 2. The second kappa shape index (κ2) is 10.3. The lowest BCUT2D eigenvalue weighted by molar-refractivity contribution is -0.120. The molecule has 0 saturated heterocycles. The standard InChI is InChI=1S/C19H30N2O4/c1-14(21-19(22)13-20-10-11-23-2)15-8-9-17(18(12-15)24-3)25-16-6-4-5-7-16/h8-9,12,14,16,20H,4-7,10-11,13H2,1-3H3,(H,21,22). The third-order valence-corrected chi connectivity index (χ3v) is 4.43. The Bertz CT molecular complexity index is 544. The molecule has 0 radical (unpaired) electrons. The van der Waals surface area contributed by atoms with Gasteiger partial charge in [0.1, 0.15) is 0 Å². The SMILES string of the molecule is COCCNCC(=O)NC(C)c1ccc(OC2CCCC2)c(OC)c1. The normalized spacial score (nSPS) is 15.8. The predicted molar refractivity (Wildman–Crippen MR) is 97.2 cm³/mol. The van der Waals surface area contributed by atoms with Gasteiger partial charge in [0, 0.05) is 13.7 Å². The molecule has 1 aliphatic carbocycles. The van der Waals surface area contributed by atoms with Crippen molar-refractivity contribution in [1.29, 1.82) is 0 Å². The van der Waals surface area contributed by atoms with E-state index in [4.69, 9.17) is 14.2 Å². The highest BCUT2D eigenvalue weighted by Crippen LogP contribution is 2.33. The first-order chi connectivity index (χ1) is 12.1. The van der Waals surface area contributed by atoms with Gasteiger partial charge in [-0.25, -0.2) is 0 Å². The Balaban J connectivity index is 1.90. The van der Waals surface area contributed by atoms with Crippen LogP contribution in [0.2, 0.25) is 0 Å². The Morgan fingerprint density at radius 2 is 2.00 bits per heavy atom. The molecule has 2 N–H and O–H groups in total. The number of carbonyl (C=O) groups excluding carboxylic acids is 1. The van der Waals surface area contributed by atoms with Crippen LogP contribution in [0.15, 0.2) is 18.2 Å². The average Bonchev–Trinajstić information content (AvgIpc) is 3.12. The van der Waals surface area contributed by atoms with Crippen molar-refractivity contribution in [3.05, 3.63) is 23.8 Å². The van der Waals surface area contributed by atoms with E-state index in [1.165, 1.54) is 12.8 Å². The summed E-state index contributed by atoms with van der Waals surface area (Å²) in [5.74, 6) is 1.44. The molecule has 6 heteroatoms. The number of amides is 1. The van der Waals surface area contributed by atoms with Crippen molar-refractivity contribution >= 4 is 5.91 Å². The van der Waals surface area contributed by atoms with E-state index in [0.29, 0.717) is 18.9 Å². The van der Waals surface area contributed by atoms with Crippen LogP contribution in [-0.2, 0) is 9.53 Å². The van der Waals surface area contributed by atoms with Crippen LogP contribution in [0.25, 0.3) is 0 Å². The van der Waals surface area contributed by atoms with E-state index in [2.05, 4.69) is 10.6 Å². The van der Waals surface area contributed by atoms with Gasteiger partial charge in [0.15, 0.2) is 11.5 Å². The number of rotatable bonds is 10. The van der Waals surface area contributed by atoms with Crippen LogP contribution in [0.5, 0.6) is 11.5 Å². The summed E-state index contributed by atoms with van der Waals surface area (Å²) < 4.78 is 16.5. The smallest absolute Gasteiger partial charge is 0.234 e. The molecule has 140 valence electrons. The minimum atomic E-state index is -0.105. The first kappa shape index (κ1) is 19.5. The predicted octanol–water partition coefficient (Wildman–Crippen LogP) is 2.43. The molecule has 1 atom stereocenters. The molecule has 6 nitrogen and oxygen atoms in total. The molecular weight excluding hydrogens is 320 g/mol. The second-order valence-electron chi connectivity index (χ2n) is 6.39. The summed E-state index contributed by atoms with van der Waals surface area (Å²) in [5.41, 5.74) is 0.987. The van der Waals surface area contributed by atoms with Gasteiger partial charge in [0.2, 0.25) is 5.91 Å². The number of carbonyl (C=O) groups is 1. The van der Waals surface area contributed by atoms with Crippen LogP contribution < -0.4 is 20.1 Å². The lowest BCUT2D eigenvalue weighted by Crippen LogP contribution is -2.36. The Labute approximate surface area is 150 Å². The van der Waals surface area contributed by atoms with Crippen molar-refractivity contribution in [2.24, 2.45) is 0 Å². The number of ether oxygens (including phenoxy) is 3. The number of hydrogen-bond acceptors (Lipinski definition) is 5. The topological polar surface area (TPSA) is 68.8 Å². The Morgan fingerprint density at radius 1 is 1.24 bits per heavy atom. The molecule has 25 heavy (non-hydrogen) atoms. The largest absolute Gasteiger partial charge is 0.493 e. The van der Waals surface area contributed by atoms with E-state index >= 15 is 0 Å². The van der Waals surface area contributed by atoms with E-state index in [0.717, 1.165) is 24.2 Å². The number of benzene rings is 1. The van der Waals surface area contributed by atoms with E-state index < -0.39 is 0 Å². The van der Waals surface area contributed by atoms with Gasteiger partial charge < -0.3 is 24.8 Å². The average molecular weight is 350 g/mol. The quantitative estimate of drug-likeness (QED) is 0.634. The number of nitrogens with one attached hydrogen (secondary N) is 2. The van der Waals surface area contributed by atoms with Gasteiger partial charge in [-0.1, -0.05) is 6.07 Å². The molecule has 1 aromatic carbocycles. The third kappa shape index (κ3) is 6.21. The van der Waals surface area contributed by atoms with E-state index in [-0.39, 0.29) is 24.6 Å². The lowest BCUT2D eigenvalue weighted by Gasteiger charge is -2.19. The van der Waals surface area contributed by atoms with Crippen LogP contribution in [0.1, 0.15) is 44.2 Å². The molecule has 1 aliphatic rings. The second-order valence-corrected chi connectivity index (χ2v) is 6.39. The maximum absolute atomic E-state index is 12.0. The molecule has 1 fully saturated rings. The van der Waals surface area contributed by atoms with Crippen molar-refractivity contribution in [3.63, 3.8) is 0 Å². The van der Waals surface area contributed by atoms with Crippen molar-refractivity contribution in [1.82, 2.24) is 10.6 Å². The van der Waals surface area contributed by atoms with Gasteiger partial charge in [-0.05, 0) is 50.3 Å². The summed E-state index contributed by atoms with van der Waals surface area (Å²) in [6, 6.07) is 5.75. The van der Waals surface area contributed by atoms with Gasteiger partial charge in [-0.15, -0.1) is 0 Å². The van der Waals surface area contributed by atoms with Crippen LogP contribution in [0, 0.1) is 0 Å². The van der Waals surface area contributed by atoms with Gasteiger partial charge in [-0.3, -0.25) is 4.79 Å². The summed E-state index contributed by atoms with van der Waals surface area (Å²) in [7, 11) is 3.28. The van der Waals surface area contributed by atoms with E-state index in [1.807, 2.05) is 25.1 Å². The fourth-order valence-electron chi connectivity index (χ4n) is 2.99.